The zero-order valence-corrected chi connectivity index (χ0v) is 20.5. The lowest BCUT2D eigenvalue weighted by Crippen LogP contribution is -2.21. The van der Waals surface area contributed by atoms with E-state index in [1.54, 1.807) is 66.8 Å². The molecule has 1 aliphatic rings. The molecule has 0 heterocycles. The number of hydrogen-bond acceptors (Lipinski definition) is 2. The minimum Gasteiger partial charge on any atom is -0.489 e. The van der Waals surface area contributed by atoms with Crippen LogP contribution in [-0.4, -0.2) is 19.3 Å². The molecule has 0 saturated heterocycles. The van der Waals surface area contributed by atoms with Gasteiger partial charge in [-0.1, -0.05) is 61.2 Å². The Morgan fingerprint density at radius 1 is 0.889 bits per heavy atom. The predicted octanol–water partition coefficient (Wildman–Crippen LogP) is 8.57. The van der Waals surface area contributed by atoms with Crippen molar-refractivity contribution in [2.24, 2.45) is 0 Å². The second-order valence-corrected chi connectivity index (χ2v) is 9.00. The van der Waals surface area contributed by atoms with E-state index in [0.29, 0.717) is 35.7 Å². The molecule has 2 nitrogen and oxygen atoms in total. The molecule has 0 amide bonds. The Morgan fingerprint density at radius 3 is 2.31 bits per heavy atom. The van der Waals surface area contributed by atoms with Crippen LogP contribution in [0.4, 0.5) is 13.2 Å². The first-order valence-electron chi connectivity index (χ1n) is 12.4. The fraction of sp³-hybridized carbons (Fsp3) is 0.290. The van der Waals surface area contributed by atoms with Gasteiger partial charge < -0.3 is 9.47 Å². The first kappa shape index (κ1) is 25.8. The van der Waals surface area contributed by atoms with E-state index in [4.69, 9.17) is 9.47 Å². The minimum atomic E-state index is -0.816. The van der Waals surface area contributed by atoms with Gasteiger partial charge in [-0.15, -0.1) is 0 Å². The largest absolute Gasteiger partial charge is 0.489 e. The molecule has 188 valence electrons. The summed E-state index contributed by atoms with van der Waals surface area (Å²) in [5, 5.41) is 0. The molecule has 0 radical (unpaired) electrons. The number of benzene rings is 3. The second-order valence-electron chi connectivity index (χ2n) is 9.00. The first-order chi connectivity index (χ1) is 17.5. The van der Waals surface area contributed by atoms with Crippen LogP contribution >= 0.6 is 0 Å². The van der Waals surface area contributed by atoms with E-state index in [-0.39, 0.29) is 17.6 Å². The quantitative estimate of drug-likeness (QED) is 0.220. The van der Waals surface area contributed by atoms with Gasteiger partial charge in [0.2, 0.25) is 0 Å². The Labute approximate surface area is 211 Å². The molecule has 1 aliphatic carbocycles. The van der Waals surface area contributed by atoms with E-state index in [0.717, 1.165) is 31.2 Å². The molecule has 5 heteroatoms. The standard InChI is InChI=1S/C31H31F3O2/c1-3-19-36-26-16-13-24(29(32)20-26)10-7-21-5-8-22(9-6-21)27-17-18-28(31(34)30(27)33)23-11-14-25(15-12-23)35-4-2/h3,5-10,13,16-18,20,23,25H,1,4,11-12,14-15,19H2,2H3/b10-7+. The molecule has 0 spiro atoms. The average molecular weight is 493 g/mol. The topological polar surface area (TPSA) is 18.5 Å². The summed E-state index contributed by atoms with van der Waals surface area (Å²) in [4.78, 5) is 0. The Balaban J connectivity index is 1.45. The van der Waals surface area contributed by atoms with Crippen molar-refractivity contribution in [2.45, 2.75) is 44.6 Å². The van der Waals surface area contributed by atoms with Crippen molar-refractivity contribution < 1.29 is 22.6 Å². The molecule has 4 rings (SSSR count). The summed E-state index contributed by atoms with van der Waals surface area (Å²) in [5.74, 6) is -1.52. The smallest absolute Gasteiger partial charge is 0.166 e. The van der Waals surface area contributed by atoms with Gasteiger partial charge in [-0.05, 0) is 67.3 Å². The maximum atomic E-state index is 15.1. The highest BCUT2D eigenvalue weighted by atomic mass is 19.2. The third-order valence-electron chi connectivity index (χ3n) is 6.65. The van der Waals surface area contributed by atoms with Crippen LogP contribution < -0.4 is 4.74 Å². The molecule has 0 aromatic heterocycles. The van der Waals surface area contributed by atoms with E-state index >= 15 is 8.78 Å². The normalized spacial score (nSPS) is 17.9. The minimum absolute atomic E-state index is 0.0146. The monoisotopic (exact) mass is 492 g/mol. The van der Waals surface area contributed by atoms with Gasteiger partial charge in [0, 0.05) is 23.8 Å². The maximum absolute atomic E-state index is 15.1. The van der Waals surface area contributed by atoms with Crippen LogP contribution in [0.25, 0.3) is 23.3 Å². The zero-order chi connectivity index (χ0) is 25.5. The van der Waals surface area contributed by atoms with Crippen molar-refractivity contribution in [3.05, 3.63) is 101 Å². The summed E-state index contributed by atoms with van der Waals surface area (Å²) >= 11 is 0. The molecular weight excluding hydrogens is 461 g/mol. The first-order valence-corrected chi connectivity index (χ1v) is 12.4. The van der Waals surface area contributed by atoms with Gasteiger partial charge in [-0.3, -0.25) is 0 Å². The maximum Gasteiger partial charge on any atom is 0.166 e. The van der Waals surface area contributed by atoms with Crippen LogP contribution in [0.3, 0.4) is 0 Å². The molecule has 0 unspecified atom stereocenters. The van der Waals surface area contributed by atoms with Gasteiger partial charge in [-0.25, -0.2) is 13.2 Å². The molecule has 0 aliphatic heterocycles. The van der Waals surface area contributed by atoms with E-state index in [1.165, 1.54) is 6.07 Å². The second kappa shape index (κ2) is 12.1. The zero-order valence-electron chi connectivity index (χ0n) is 20.5. The summed E-state index contributed by atoms with van der Waals surface area (Å²) in [7, 11) is 0. The molecule has 3 aromatic rings. The van der Waals surface area contributed by atoms with Gasteiger partial charge in [0.05, 0.1) is 6.10 Å². The average Bonchev–Trinajstić information content (AvgIpc) is 2.90. The van der Waals surface area contributed by atoms with Crippen molar-refractivity contribution in [2.75, 3.05) is 13.2 Å². The number of halogens is 3. The Bertz CT molecular complexity index is 1210. The van der Waals surface area contributed by atoms with Crippen LogP contribution in [0.2, 0.25) is 0 Å². The molecule has 3 aromatic carbocycles. The van der Waals surface area contributed by atoms with Crippen LogP contribution in [0.1, 0.15) is 55.2 Å². The van der Waals surface area contributed by atoms with E-state index in [9.17, 15) is 4.39 Å². The number of rotatable bonds is 9. The molecule has 0 bridgehead atoms. The summed E-state index contributed by atoms with van der Waals surface area (Å²) in [6, 6.07) is 15.1. The molecule has 1 saturated carbocycles. The van der Waals surface area contributed by atoms with Gasteiger partial charge in [0.1, 0.15) is 18.2 Å². The molecule has 36 heavy (non-hydrogen) atoms. The number of ether oxygens (including phenoxy) is 2. The lowest BCUT2D eigenvalue weighted by Gasteiger charge is -2.29. The highest BCUT2D eigenvalue weighted by molar-refractivity contribution is 5.73. The fourth-order valence-electron chi connectivity index (χ4n) is 4.73. The van der Waals surface area contributed by atoms with Gasteiger partial charge >= 0.3 is 0 Å². The Hall–Kier alpha value is -3.31. The number of hydrogen-bond donors (Lipinski definition) is 0. The lowest BCUT2D eigenvalue weighted by atomic mass is 9.82. The van der Waals surface area contributed by atoms with Crippen LogP contribution in [0, 0.1) is 17.5 Å². The summed E-state index contributed by atoms with van der Waals surface area (Å²) in [6.45, 7) is 6.53. The van der Waals surface area contributed by atoms with Crippen LogP contribution in [0.15, 0.2) is 67.3 Å². The molecule has 1 fully saturated rings. The predicted molar refractivity (Wildman–Crippen MR) is 139 cm³/mol. The van der Waals surface area contributed by atoms with Gasteiger partial charge in [-0.2, -0.15) is 0 Å². The van der Waals surface area contributed by atoms with E-state index in [2.05, 4.69) is 6.58 Å². The summed E-state index contributed by atoms with van der Waals surface area (Å²) in [6.07, 6.45) is 8.58. The third kappa shape index (κ3) is 6.08. The third-order valence-corrected chi connectivity index (χ3v) is 6.65. The molecular formula is C31H31F3O2. The van der Waals surface area contributed by atoms with E-state index in [1.807, 2.05) is 6.92 Å². The summed E-state index contributed by atoms with van der Waals surface area (Å²) < 4.78 is 55.4. The highest BCUT2D eigenvalue weighted by Crippen LogP contribution is 2.38. The fourth-order valence-corrected chi connectivity index (χ4v) is 4.73. The highest BCUT2D eigenvalue weighted by Gasteiger charge is 2.26. The summed E-state index contributed by atoms with van der Waals surface area (Å²) in [5.41, 5.74) is 2.51. The lowest BCUT2D eigenvalue weighted by molar-refractivity contribution is 0.0325. The van der Waals surface area contributed by atoms with Crippen LogP contribution in [0.5, 0.6) is 5.75 Å². The van der Waals surface area contributed by atoms with E-state index < -0.39 is 17.5 Å². The molecule has 0 atom stereocenters. The molecule has 0 N–H and O–H groups in total. The van der Waals surface area contributed by atoms with Gasteiger partial charge in [0.25, 0.3) is 0 Å². The Morgan fingerprint density at radius 2 is 1.64 bits per heavy atom. The van der Waals surface area contributed by atoms with Crippen molar-refractivity contribution in [3.8, 4) is 16.9 Å². The van der Waals surface area contributed by atoms with Crippen LogP contribution in [-0.2, 0) is 4.74 Å². The Kier molecular flexibility index (Phi) is 8.65. The van der Waals surface area contributed by atoms with Crippen molar-refractivity contribution in [1.29, 1.82) is 0 Å². The van der Waals surface area contributed by atoms with Crippen molar-refractivity contribution in [1.82, 2.24) is 0 Å². The van der Waals surface area contributed by atoms with Crippen molar-refractivity contribution in [3.63, 3.8) is 0 Å². The SMILES string of the molecule is C=CCOc1ccc(/C=C/c2ccc(-c3ccc(C4CCC(OCC)CC4)c(F)c3F)cc2)c(F)c1. The van der Waals surface area contributed by atoms with Crippen molar-refractivity contribution >= 4 is 12.2 Å². The van der Waals surface area contributed by atoms with Gasteiger partial charge in [0.15, 0.2) is 11.6 Å².